The van der Waals surface area contributed by atoms with Gasteiger partial charge in [0.05, 0.1) is 17.4 Å². The first kappa shape index (κ1) is 14.8. The summed E-state index contributed by atoms with van der Waals surface area (Å²) in [5, 5.41) is 13.0. The second-order valence-electron chi connectivity index (χ2n) is 4.59. The quantitative estimate of drug-likeness (QED) is 0.739. The van der Waals surface area contributed by atoms with Crippen LogP contribution in [-0.4, -0.2) is 9.78 Å². The molecule has 3 rings (SSSR count). The molecule has 0 radical (unpaired) electrons. The Labute approximate surface area is 136 Å². The molecule has 1 heterocycles. The third-order valence-corrected chi connectivity index (χ3v) is 3.46. The van der Waals surface area contributed by atoms with Crippen LogP contribution in [0.1, 0.15) is 5.56 Å². The van der Waals surface area contributed by atoms with Gasteiger partial charge in [-0.25, -0.2) is 0 Å². The molecule has 0 unspecified atom stereocenters. The second kappa shape index (κ2) is 6.34. The molecule has 0 spiro atoms. The van der Waals surface area contributed by atoms with Crippen molar-refractivity contribution in [2.75, 3.05) is 0 Å². The Bertz CT molecular complexity index is 946. The highest BCUT2D eigenvalue weighted by atomic mass is 35.5. The molecule has 6 heteroatoms. The van der Waals surface area contributed by atoms with Gasteiger partial charge in [0.25, 0.3) is 5.56 Å². The third kappa shape index (κ3) is 2.93. The number of benzene rings is 2. The van der Waals surface area contributed by atoms with E-state index < -0.39 is 5.56 Å². The van der Waals surface area contributed by atoms with Gasteiger partial charge in [-0.15, -0.1) is 0 Å². The number of rotatable bonds is 3. The van der Waals surface area contributed by atoms with Gasteiger partial charge in [-0.3, -0.25) is 4.79 Å². The van der Waals surface area contributed by atoms with Crippen LogP contribution in [0.4, 0.5) is 0 Å². The topological polar surface area (TPSA) is 67.9 Å². The van der Waals surface area contributed by atoms with Crippen LogP contribution in [0.15, 0.2) is 65.6 Å². The van der Waals surface area contributed by atoms with Crippen molar-refractivity contribution < 1.29 is 4.74 Å². The Morgan fingerprint density at radius 3 is 2.48 bits per heavy atom. The van der Waals surface area contributed by atoms with Gasteiger partial charge in [0.15, 0.2) is 10.8 Å². The van der Waals surface area contributed by atoms with E-state index >= 15 is 0 Å². The highest BCUT2D eigenvalue weighted by molar-refractivity contribution is 6.31. The van der Waals surface area contributed by atoms with Crippen molar-refractivity contribution in [1.29, 1.82) is 5.26 Å². The Morgan fingerprint density at radius 1 is 1.04 bits per heavy atom. The minimum Gasteiger partial charge on any atom is -0.452 e. The molecular weight excluding hydrogens is 314 g/mol. The van der Waals surface area contributed by atoms with Crippen LogP contribution in [0.25, 0.3) is 5.69 Å². The smallest absolute Gasteiger partial charge is 0.294 e. The molecule has 0 saturated carbocycles. The third-order valence-electron chi connectivity index (χ3n) is 3.12. The molecule has 0 aliphatic rings. The molecule has 112 valence electrons. The summed E-state index contributed by atoms with van der Waals surface area (Å²) in [5.41, 5.74) is 0.448. The molecule has 1 aromatic heterocycles. The van der Waals surface area contributed by atoms with Gasteiger partial charge in [0.1, 0.15) is 11.8 Å². The molecule has 0 saturated heterocycles. The van der Waals surface area contributed by atoms with Gasteiger partial charge >= 0.3 is 0 Å². The summed E-state index contributed by atoms with van der Waals surface area (Å²) in [4.78, 5) is 12.4. The predicted octanol–water partition coefficient (Wildman–Crippen LogP) is 3.55. The fourth-order valence-electron chi connectivity index (χ4n) is 2.01. The Hall–Kier alpha value is -3.10. The minimum atomic E-state index is -0.496. The molecule has 0 bridgehead atoms. The molecule has 0 aliphatic carbocycles. The average Bonchev–Trinajstić information content (AvgIpc) is 2.60. The van der Waals surface area contributed by atoms with E-state index in [1.165, 1.54) is 10.9 Å². The summed E-state index contributed by atoms with van der Waals surface area (Å²) in [6.07, 6.45) is 1.35. The lowest BCUT2D eigenvalue weighted by atomic mass is 10.2. The lowest BCUT2D eigenvalue weighted by molar-refractivity contribution is 0.474. The van der Waals surface area contributed by atoms with Crippen LogP contribution in [0, 0.1) is 11.3 Å². The maximum absolute atomic E-state index is 12.4. The minimum absolute atomic E-state index is 0.100. The average molecular weight is 324 g/mol. The van der Waals surface area contributed by atoms with Gasteiger partial charge in [-0.2, -0.15) is 15.0 Å². The molecule has 5 nitrogen and oxygen atoms in total. The molecule has 3 aromatic rings. The highest BCUT2D eigenvalue weighted by Crippen LogP contribution is 2.28. The Kier molecular flexibility index (Phi) is 4.09. The van der Waals surface area contributed by atoms with E-state index in [0.29, 0.717) is 17.0 Å². The lowest BCUT2D eigenvalue weighted by Gasteiger charge is -2.10. The number of nitriles is 1. The van der Waals surface area contributed by atoms with E-state index in [-0.39, 0.29) is 10.8 Å². The molecule has 2 aromatic carbocycles. The number of halogens is 1. The zero-order chi connectivity index (χ0) is 16.2. The van der Waals surface area contributed by atoms with E-state index in [0.717, 1.165) is 0 Å². The fourth-order valence-corrected chi connectivity index (χ4v) is 2.18. The summed E-state index contributed by atoms with van der Waals surface area (Å²) in [5.74, 6) is 0.419. The van der Waals surface area contributed by atoms with Crippen molar-refractivity contribution in [2.45, 2.75) is 0 Å². The second-order valence-corrected chi connectivity index (χ2v) is 4.96. The normalized spacial score (nSPS) is 10.1. The van der Waals surface area contributed by atoms with E-state index in [4.69, 9.17) is 21.6 Å². The first-order chi connectivity index (χ1) is 11.2. The first-order valence-corrected chi connectivity index (χ1v) is 7.09. The maximum Gasteiger partial charge on any atom is 0.294 e. The van der Waals surface area contributed by atoms with Crippen LogP contribution in [0.2, 0.25) is 5.02 Å². The Morgan fingerprint density at radius 2 is 1.74 bits per heavy atom. The van der Waals surface area contributed by atoms with Crippen molar-refractivity contribution in [3.63, 3.8) is 0 Å². The van der Waals surface area contributed by atoms with Gasteiger partial charge in [0, 0.05) is 0 Å². The van der Waals surface area contributed by atoms with Gasteiger partial charge < -0.3 is 4.74 Å². The van der Waals surface area contributed by atoms with Gasteiger partial charge in [-0.1, -0.05) is 41.9 Å². The molecule has 0 atom stereocenters. The molecule has 0 fully saturated rings. The largest absolute Gasteiger partial charge is 0.452 e. The maximum atomic E-state index is 12.4. The number of hydrogen-bond donors (Lipinski definition) is 0. The lowest BCUT2D eigenvalue weighted by Crippen LogP contribution is -2.21. The van der Waals surface area contributed by atoms with Gasteiger partial charge in [0.2, 0.25) is 0 Å². The standard InChI is InChI=1S/C17H10ClN3O2/c18-16-15(23-14-9-5-4-6-12(14)10-19)11-20-21(17(16)22)13-7-2-1-3-8-13/h1-9,11H. The number of hydrogen-bond acceptors (Lipinski definition) is 4. The van der Waals surface area contributed by atoms with Crippen LogP contribution in [0.5, 0.6) is 11.5 Å². The van der Waals surface area contributed by atoms with Gasteiger partial charge in [-0.05, 0) is 24.3 Å². The number of para-hydroxylation sites is 2. The first-order valence-electron chi connectivity index (χ1n) is 6.71. The summed E-state index contributed by atoms with van der Waals surface area (Å²) >= 11 is 6.11. The SMILES string of the molecule is N#Cc1ccccc1Oc1cnn(-c2ccccc2)c(=O)c1Cl. The molecule has 0 aliphatic heterocycles. The van der Waals surface area contributed by atoms with Crippen molar-refractivity contribution >= 4 is 11.6 Å². The van der Waals surface area contributed by atoms with E-state index in [1.54, 1.807) is 48.5 Å². The van der Waals surface area contributed by atoms with Crippen molar-refractivity contribution in [3.05, 3.63) is 81.7 Å². The molecular formula is C17H10ClN3O2. The zero-order valence-electron chi connectivity index (χ0n) is 11.8. The van der Waals surface area contributed by atoms with Crippen molar-refractivity contribution in [2.24, 2.45) is 0 Å². The predicted molar refractivity (Wildman–Crippen MR) is 86.1 cm³/mol. The highest BCUT2D eigenvalue weighted by Gasteiger charge is 2.13. The fraction of sp³-hybridized carbons (Fsp3) is 0. The van der Waals surface area contributed by atoms with Crippen molar-refractivity contribution in [3.8, 4) is 23.3 Å². The summed E-state index contributed by atoms with van der Waals surface area (Å²) < 4.78 is 6.76. The van der Waals surface area contributed by atoms with E-state index in [2.05, 4.69) is 5.10 Å². The van der Waals surface area contributed by atoms with Crippen LogP contribution < -0.4 is 10.3 Å². The molecule has 0 N–H and O–H groups in total. The zero-order valence-corrected chi connectivity index (χ0v) is 12.6. The molecule has 23 heavy (non-hydrogen) atoms. The van der Waals surface area contributed by atoms with Crippen molar-refractivity contribution in [1.82, 2.24) is 9.78 Å². The monoisotopic (exact) mass is 323 g/mol. The summed E-state index contributed by atoms with van der Waals surface area (Å²) in [6.45, 7) is 0. The van der Waals surface area contributed by atoms with Crippen LogP contribution >= 0.6 is 11.6 Å². The van der Waals surface area contributed by atoms with Crippen LogP contribution in [-0.2, 0) is 0 Å². The van der Waals surface area contributed by atoms with E-state index in [1.807, 2.05) is 12.1 Å². The number of nitrogens with zero attached hydrogens (tertiary/aromatic N) is 3. The van der Waals surface area contributed by atoms with Crippen LogP contribution in [0.3, 0.4) is 0 Å². The number of ether oxygens (including phenoxy) is 1. The Balaban J connectivity index is 2.02. The summed E-state index contributed by atoms with van der Waals surface area (Å²) in [6, 6.07) is 17.6. The number of aromatic nitrogens is 2. The summed E-state index contributed by atoms with van der Waals surface area (Å²) in [7, 11) is 0. The molecule has 0 amide bonds. The van der Waals surface area contributed by atoms with E-state index in [9.17, 15) is 4.79 Å².